The van der Waals surface area contributed by atoms with E-state index in [0.29, 0.717) is 5.56 Å². The average molecular weight is 259 g/mol. The summed E-state index contributed by atoms with van der Waals surface area (Å²) in [7, 11) is 0. The standard InChI is InChI=1S/C12H19ClN2O2/c1-5-12(6-2,7-3)15-10(16)8(4)9(13)14-11(15)17/h5-7H2,1-4H3,(H,14,17). The Kier molecular flexibility index (Phi) is 4.20. The van der Waals surface area contributed by atoms with Crippen LogP contribution in [0.25, 0.3) is 0 Å². The predicted octanol–water partition coefficient (Wildman–Crippen LogP) is 2.42. The van der Waals surface area contributed by atoms with Crippen LogP contribution < -0.4 is 11.2 Å². The molecule has 0 saturated heterocycles. The first-order valence-electron chi connectivity index (χ1n) is 5.95. The lowest BCUT2D eigenvalue weighted by atomic mass is 9.89. The van der Waals surface area contributed by atoms with Gasteiger partial charge >= 0.3 is 5.69 Å². The maximum atomic E-state index is 12.2. The summed E-state index contributed by atoms with van der Waals surface area (Å²) in [6.45, 7) is 7.59. The average Bonchev–Trinajstić information content (AvgIpc) is 2.32. The van der Waals surface area contributed by atoms with Gasteiger partial charge in [-0.3, -0.25) is 14.3 Å². The van der Waals surface area contributed by atoms with E-state index in [1.165, 1.54) is 4.57 Å². The topological polar surface area (TPSA) is 54.9 Å². The van der Waals surface area contributed by atoms with Crippen LogP contribution in [0.4, 0.5) is 0 Å². The van der Waals surface area contributed by atoms with Crippen LogP contribution in [0, 0.1) is 6.92 Å². The van der Waals surface area contributed by atoms with E-state index in [9.17, 15) is 9.59 Å². The normalized spacial score (nSPS) is 11.8. The van der Waals surface area contributed by atoms with Crippen LogP contribution in [-0.2, 0) is 5.54 Å². The van der Waals surface area contributed by atoms with Crippen molar-refractivity contribution in [3.63, 3.8) is 0 Å². The fourth-order valence-electron chi connectivity index (χ4n) is 2.25. The van der Waals surface area contributed by atoms with Crippen molar-refractivity contribution in [2.24, 2.45) is 0 Å². The summed E-state index contributed by atoms with van der Waals surface area (Å²) in [6, 6.07) is 0. The van der Waals surface area contributed by atoms with Crippen LogP contribution in [0.2, 0.25) is 5.15 Å². The van der Waals surface area contributed by atoms with Gasteiger partial charge in [0.1, 0.15) is 5.15 Å². The number of hydrogen-bond donors (Lipinski definition) is 1. The van der Waals surface area contributed by atoms with Crippen molar-refractivity contribution in [1.29, 1.82) is 0 Å². The van der Waals surface area contributed by atoms with Crippen molar-refractivity contribution < 1.29 is 0 Å². The highest BCUT2D eigenvalue weighted by Crippen LogP contribution is 2.26. The first-order valence-corrected chi connectivity index (χ1v) is 6.33. The molecule has 0 saturated carbocycles. The van der Waals surface area contributed by atoms with E-state index >= 15 is 0 Å². The molecule has 1 heterocycles. The Hall–Kier alpha value is -1.03. The molecule has 96 valence electrons. The largest absolute Gasteiger partial charge is 0.330 e. The fourth-order valence-corrected chi connectivity index (χ4v) is 2.41. The van der Waals surface area contributed by atoms with E-state index in [1.54, 1.807) is 6.92 Å². The van der Waals surface area contributed by atoms with E-state index < -0.39 is 11.2 Å². The predicted molar refractivity (Wildman–Crippen MR) is 69.9 cm³/mol. The molecule has 0 unspecified atom stereocenters. The Morgan fingerprint density at radius 2 is 1.65 bits per heavy atom. The number of H-pyrrole nitrogens is 1. The van der Waals surface area contributed by atoms with Gasteiger partial charge in [0.2, 0.25) is 0 Å². The minimum atomic E-state index is -0.420. The molecule has 5 heteroatoms. The summed E-state index contributed by atoms with van der Waals surface area (Å²) in [5.74, 6) is 0. The van der Waals surface area contributed by atoms with Crippen LogP contribution in [0.1, 0.15) is 45.6 Å². The lowest BCUT2D eigenvalue weighted by Gasteiger charge is -2.32. The molecule has 4 nitrogen and oxygen atoms in total. The van der Waals surface area contributed by atoms with Crippen LogP contribution >= 0.6 is 11.6 Å². The molecule has 0 fully saturated rings. The minimum absolute atomic E-state index is 0.133. The summed E-state index contributed by atoms with van der Waals surface area (Å²) in [5, 5.41) is 0.133. The van der Waals surface area contributed by atoms with Crippen LogP contribution in [0.3, 0.4) is 0 Å². The van der Waals surface area contributed by atoms with Gasteiger partial charge in [-0.2, -0.15) is 0 Å². The molecule has 0 aliphatic rings. The third-order valence-electron chi connectivity index (χ3n) is 3.72. The molecule has 17 heavy (non-hydrogen) atoms. The molecular formula is C12H19ClN2O2. The summed E-state index contributed by atoms with van der Waals surface area (Å²) in [6.07, 6.45) is 2.22. The number of aromatic amines is 1. The van der Waals surface area contributed by atoms with E-state index in [2.05, 4.69) is 4.98 Å². The minimum Gasteiger partial charge on any atom is -0.297 e. The maximum Gasteiger partial charge on any atom is 0.330 e. The molecule has 0 bridgehead atoms. The zero-order valence-electron chi connectivity index (χ0n) is 10.8. The highest BCUT2D eigenvalue weighted by molar-refractivity contribution is 6.30. The highest BCUT2D eigenvalue weighted by Gasteiger charge is 2.30. The first kappa shape index (κ1) is 14.0. The number of halogens is 1. The maximum absolute atomic E-state index is 12.2. The Morgan fingerprint density at radius 1 is 1.18 bits per heavy atom. The van der Waals surface area contributed by atoms with E-state index in [4.69, 9.17) is 11.6 Å². The zero-order chi connectivity index (χ0) is 13.2. The molecule has 1 N–H and O–H groups in total. The van der Waals surface area contributed by atoms with E-state index in [0.717, 1.165) is 19.3 Å². The van der Waals surface area contributed by atoms with Gasteiger partial charge in [0.25, 0.3) is 5.56 Å². The Morgan fingerprint density at radius 3 is 2.06 bits per heavy atom. The second kappa shape index (κ2) is 5.08. The monoisotopic (exact) mass is 258 g/mol. The van der Waals surface area contributed by atoms with E-state index in [1.807, 2.05) is 20.8 Å². The molecule has 0 aliphatic carbocycles. The second-order valence-corrected chi connectivity index (χ2v) is 4.67. The Labute approximate surface area is 106 Å². The molecular weight excluding hydrogens is 240 g/mol. The molecule has 0 atom stereocenters. The third kappa shape index (κ3) is 2.18. The summed E-state index contributed by atoms with van der Waals surface area (Å²) < 4.78 is 1.33. The SMILES string of the molecule is CCC(CC)(CC)n1c(=O)[nH]c(Cl)c(C)c1=O. The lowest BCUT2D eigenvalue weighted by molar-refractivity contribution is 0.232. The quantitative estimate of drug-likeness (QED) is 0.844. The number of rotatable bonds is 4. The summed E-state index contributed by atoms with van der Waals surface area (Å²) >= 11 is 5.80. The number of nitrogens with one attached hydrogen (secondary N) is 1. The van der Waals surface area contributed by atoms with Crippen LogP contribution in [0.5, 0.6) is 0 Å². The smallest absolute Gasteiger partial charge is 0.297 e. The lowest BCUT2D eigenvalue weighted by Crippen LogP contribution is -2.49. The van der Waals surface area contributed by atoms with Gasteiger partial charge in [-0.25, -0.2) is 4.79 Å². The van der Waals surface area contributed by atoms with Crippen molar-refractivity contribution in [3.05, 3.63) is 31.6 Å². The van der Waals surface area contributed by atoms with E-state index in [-0.39, 0.29) is 10.7 Å². The van der Waals surface area contributed by atoms with Gasteiger partial charge in [0.05, 0.1) is 5.54 Å². The third-order valence-corrected chi connectivity index (χ3v) is 4.10. The zero-order valence-corrected chi connectivity index (χ0v) is 11.5. The van der Waals surface area contributed by atoms with Crippen molar-refractivity contribution in [2.45, 2.75) is 52.5 Å². The number of aromatic nitrogens is 2. The van der Waals surface area contributed by atoms with Crippen molar-refractivity contribution in [1.82, 2.24) is 9.55 Å². The van der Waals surface area contributed by atoms with Crippen molar-refractivity contribution in [3.8, 4) is 0 Å². The molecule has 0 aliphatic heterocycles. The van der Waals surface area contributed by atoms with Crippen LogP contribution in [0.15, 0.2) is 9.59 Å². The Balaban J connectivity index is 3.67. The van der Waals surface area contributed by atoms with Gasteiger partial charge < -0.3 is 0 Å². The molecule has 0 spiro atoms. The number of hydrogen-bond acceptors (Lipinski definition) is 2. The molecule has 0 aromatic carbocycles. The van der Waals surface area contributed by atoms with Gasteiger partial charge in [-0.15, -0.1) is 0 Å². The molecule has 1 rings (SSSR count). The summed E-state index contributed by atoms with van der Waals surface area (Å²) in [5.41, 5.74) is -0.730. The fraction of sp³-hybridized carbons (Fsp3) is 0.667. The molecule has 0 amide bonds. The summed E-state index contributed by atoms with van der Waals surface area (Å²) in [4.78, 5) is 26.7. The van der Waals surface area contributed by atoms with Gasteiger partial charge in [-0.05, 0) is 26.2 Å². The molecule has 1 aromatic rings. The second-order valence-electron chi connectivity index (χ2n) is 4.29. The van der Waals surface area contributed by atoms with Crippen molar-refractivity contribution >= 4 is 11.6 Å². The number of nitrogens with zero attached hydrogens (tertiary/aromatic N) is 1. The first-order chi connectivity index (χ1) is 7.93. The molecule has 1 aromatic heterocycles. The van der Waals surface area contributed by atoms with Crippen LogP contribution in [-0.4, -0.2) is 9.55 Å². The van der Waals surface area contributed by atoms with Gasteiger partial charge in [0.15, 0.2) is 0 Å². The van der Waals surface area contributed by atoms with Gasteiger partial charge in [0, 0.05) is 5.56 Å². The molecule has 0 radical (unpaired) electrons. The van der Waals surface area contributed by atoms with Gasteiger partial charge in [-0.1, -0.05) is 32.4 Å². The Bertz CT molecular complexity index is 504. The highest BCUT2D eigenvalue weighted by atomic mass is 35.5. The van der Waals surface area contributed by atoms with Crippen molar-refractivity contribution in [2.75, 3.05) is 0 Å².